The fourth-order valence-electron chi connectivity index (χ4n) is 1.74. The van der Waals surface area contributed by atoms with E-state index in [1.54, 1.807) is 0 Å². The highest BCUT2D eigenvalue weighted by atomic mass is 127. The first kappa shape index (κ1) is 15.0. The van der Waals surface area contributed by atoms with Crippen LogP contribution in [0.5, 0.6) is 0 Å². The minimum absolute atomic E-state index is 0.403. The van der Waals surface area contributed by atoms with Crippen molar-refractivity contribution >= 4 is 35.8 Å². The van der Waals surface area contributed by atoms with Crippen molar-refractivity contribution < 1.29 is 13.7 Å². The molecule has 0 N–H and O–H groups in total. The lowest BCUT2D eigenvalue weighted by Gasteiger charge is -2.32. The quantitative estimate of drug-likeness (QED) is 0.570. The van der Waals surface area contributed by atoms with Crippen molar-refractivity contribution in [2.45, 2.75) is 38.9 Å². The second kappa shape index (κ2) is 5.18. The Balaban J connectivity index is 2.17. The Kier molecular flexibility index (Phi) is 4.09. The monoisotopic (exact) mass is 374 g/mol. The molecule has 1 aliphatic rings. The van der Waals surface area contributed by atoms with Crippen LogP contribution in [0.25, 0.3) is 6.08 Å². The maximum absolute atomic E-state index is 14.2. The fraction of sp³-hybridized carbons (Fsp3) is 0.429. The van der Waals surface area contributed by atoms with Crippen LogP contribution in [0.2, 0.25) is 0 Å². The molecule has 1 heterocycles. The van der Waals surface area contributed by atoms with E-state index < -0.39 is 24.0 Å². The summed E-state index contributed by atoms with van der Waals surface area (Å²) in [6.07, 6.45) is 1.46. The lowest BCUT2D eigenvalue weighted by molar-refractivity contribution is 0.00578. The molecule has 0 bridgehead atoms. The van der Waals surface area contributed by atoms with E-state index in [4.69, 9.17) is 9.31 Å². The van der Waals surface area contributed by atoms with Crippen LogP contribution in [0.4, 0.5) is 4.39 Å². The van der Waals surface area contributed by atoms with Gasteiger partial charge in [-0.2, -0.15) is 0 Å². The molecule has 0 spiro atoms. The zero-order valence-corrected chi connectivity index (χ0v) is 13.7. The van der Waals surface area contributed by atoms with E-state index in [-0.39, 0.29) is 0 Å². The number of hydrogen-bond acceptors (Lipinski definition) is 2. The van der Waals surface area contributed by atoms with Gasteiger partial charge in [-0.15, -0.1) is 0 Å². The van der Waals surface area contributed by atoms with Gasteiger partial charge < -0.3 is 9.31 Å². The largest absolute Gasteiger partial charge is 0.525 e. The first-order chi connectivity index (χ1) is 8.71. The average molecular weight is 374 g/mol. The molecule has 2 nitrogen and oxygen atoms in total. The molecule has 1 aliphatic heterocycles. The van der Waals surface area contributed by atoms with E-state index in [9.17, 15) is 4.39 Å². The molecular weight excluding hydrogens is 357 g/mol. The summed E-state index contributed by atoms with van der Waals surface area (Å²) in [5, 5.41) is 0. The Hall–Kier alpha value is -0.395. The maximum Gasteiger partial charge on any atom is 0.525 e. The molecule has 0 amide bonds. The van der Waals surface area contributed by atoms with Gasteiger partial charge >= 0.3 is 7.12 Å². The summed E-state index contributed by atoms with van der Waals surface area (Å²) in [6, 6.07) is 7.60. The van der Waals surface area contributed by atoms with Gasteiger partial charge in [0.1, 0.15) is 5.73 Å². The topological polar surface area (TPSA) is 18.5 Å². The number of halogens is 2. The fourth-order valence-corrected chi connectivity index (χ4v) is 2.10. The van der Waals surface area contributed by atoms with E-state index in [0.29, 0.717) is 0 Å². The third-order valence-electron chi connectivity index (χ3n) is 3.65. The molecule has 1 fully saturated rings. The summed E-state index contributed by atoms with van der Waals surface area (Å²) in [4.78, 5) is 0. The van der Waals surface area contributed by atoms with Crippen LogP contribution in [0, 0.1) is 3.57 Å². The van der Waals surface area contributed by atoms with Crippen molar-refractivity contribution in [3.63, 3.8) is 0 Å². The molecule has 0 unspecified atom stereocenters. The Bertz CT molecular complexity index is 481. The standard InChI is InChI=1S/C14H17BFIO2/c1-13(2)14(3,4)19-15(18-13)12(16)9-10-5-7-11(17)8-6-10/h5-9H,1-4H3. The number of hydrogen-bond donors (Lipinski definition) is 0. The van der Waals surface area contributed by atoms with Gasteiger partial charge in [-0.25, -0.2) is 4.39 Å². The van der Waals surface area contributed by atoms with Crippen molar-refractivity contribution in [1.29, 1.82) is 0 Å². The van der Waals surface area contributed by atoms with Crippen LogP contribution in [-0.4, -0.2) is 18.3 Å². The van der Waals surface area contributed by atoms with Crippen molar-refractivity contribution in [1.82, 2.24) is 0 Å². The summed E-state index contributed by atoms with van der Waals surface area (Å²) in [7, 11) is -0.927. The summed E-state index contributed by atoms with van der Waals surface area (Å²) < 4.78 is 26.6. The zero-order chi connectivity index (χ0) is 14.3. The van der Waals surface area contributed by atoms with Gasteiger partial charge in [0.2, 0.25) is 0 Å². The van der Waals surface area contributed by atoms with Crippen molar-refractivity contribution in [2.75, 3.05) is 0 Å². The van der Waals surface area contributed by atoms with Gasteiger partial charge in [-0.05, 0) is 74.1 Å². The number of rotatable bonds is 2. The molecule has 0 saturated carbocycles. The Morgan fingerprint density at radius 1 is 1.11 bits per heavy atom. The summed E-state index contributed by atoms with van der Waals surface area (Å²) in [5.74, 6) is 0. The Morgan fingerprint density at radius 2 is 1.58 bits per heavy atom. The van der Waals surface area contributed by atoms with Crippen LogP contribution in [0.1, 0.15) is 33.3 Å². The predicted octanol–water partition coefficient (Wildman–Crippen LogP) is 4.23. The van der Waals surface area contributed by atoms with Crippen LogP contribution in [0.15, 0.2) is 30.0 Å². The summed E-state index contributed by atoms with van der Waals surface area (Å²) in [6.45, 7) is 7.63. The van der Waals surface area contributed by atoms with Crippen molar-refractivity contribution in [2.24, 2.45) is 0 Å². The van der Waals surface area contributed by atoms with Gasteiger partial charge in [0, 0.05) is 3.57 Å². The zero-order valence-electron chi connectivity index (χ0n) is 11.5. The molecule has 19 heavy (non-hydrogen) atoms. The predicted molar refractivity (Wildman–Crippen MR) is 84.3 cm³/mol. The van der Waals surface area contributed by atoms with E-state index >= 15 is 0 Å². The molecule has 0 aliphatic carbocycles. The van der Waals surface area contributed by atoms with Crippen molar-refractivity contribution in [3.8, 4) is 0 Å². The van der Waals surface area contributed by atoms with E-state index in [0.717, 1.165) is 9.13 Å². The lowest BCUT2D eigenvalue weighted by atomic mass is 9.87. The molecule has 102 valence electrons. The third kappa shape index (κ3) is 3.20. The van der Waals surface area contributed by atoms with Gasteiger partial charge in [0.05, 0.1) is 11.2 Å². The van der Waals surface area contributed by atoms with Gasteiger partial charge in [0.25, 0.3) is 0 Å². The van der Waals surface area contributed by atoms with E-state index in [1.165, 1.54) is 6.08 Å². The van der Waals surface area contributed by atoms with Crippen molar-refractivity contribution in [3.05, 3.63) is 39.1 Å². The summed E-state index contributed by atoms with van der Waals surface area (Å²) in [5.41, 5.74) is -0.642. The van der Waals surface area contributed by atoms with Gasteiger partial charge in [-0.3, -0.25) is 0 Å². The SMILES string of the molecule is CC1(C)OB(C(F)=Cc2ccc(I)cc2)OC1(C)C. The lowest BCUT2D eigenvalue weighted by Crippen LogP contribution is -2.41. The third-order valence-corrected chi connectivity index (χ3v) is 4.37. The number of benzene rings is 1. The molecular formula is C14H17BFIO2. The second-order valence-corrected chi connectivity index (χ2v) is 6.91. The Morgan fingerprint density at radius 3 is 2.05 bits per heavy atom. The Labute approximate surface area is 127 Å². The molecule has 1 saturated heterocycles. The van der Waals surface area contributed by atoms with Crippen LogP contribution in [-0.2, 0) is 9.31 Å². The normalized spacial score (nSPS) is 21.8. The van der Waals surface area contributed by atoms with Crippen LogP contribution in [0.3, 0.4) is 0 Å². The first-order valence-electron chi connectivity index (χ1n) is 6.20. The molecule has 1 aromatic rings. The smallest absolute Gasteiger partial charge is 0.398 e. The molecule has 0 aromatic heterocycles. The molecule has 1 aromatic carbocycles. The highest BCUT2D eigenvalue weighted by molar-refractivity contribution is 14.1. The highest BCUT2D eigenvalue weighted by Crippen LogP contribution is 2.39. The maximum atomic E-state index is 14.2. The van der Waals surface area contributed by atoms with Gasteiger partial charge in [0.15, 0.2) is 0 Å². The van der Waals surface area contributed by atoms with Gasteiger partial charge in [-0.1, -0.05) is 12.1 Å². The van der Waals surface area contributed by atoms with E-state index in [1.807, 2.05) is 52.0 Å². The van der Waals surface area contributed by atoms with Crippen LogP contribution < -0.4 is 0 Å². The first-order valence-corrected chi connectivity index (χ1v) is 7.27. The molecule has 5 heteroatoms. The molecule has 2 rings (SSSR count). The highest BCUT2D eigenvalue weighted by Gasteiger charge is 2.52. The van der Waals surface area contributed by atoms with E-state index in [2.05, 4.69) is 22.6 Å². The minimum atomic E-state index is -0.927. The minimum Gasteiger partial charge on any atom is -0.398 e. The van der Waals surface area contributed by atoms with Crippen LogP contribution >= 0.6 is 22.6 Å². The molecule has 0 radical (unpaired) electrons. The molecule has 0 atom stereocenters. The average Bonchev–Trinajstić information content (AvgIpc) is 2.51. The summed E-state index contributed by atoms with van der Waals surface area (Å²) >= 11 is 2.21. The second-order valence-electron chi connectivity index (χ2n) is 5.67.